The SMILES string of the molecule is CC(=O)N1CCC2(C1)CN(C(=O)NC1=NCCS1)c1ccc(Cl)cc12. The normalized spacial score (nSPS) is 24.6. The average Bonchev–Trinajstić information content (AvgIpc) is 3.28. The minimum atomic E-state index is -0.242. The smallest absolute Gasteiger partial charge is 0.327 e. The van der Waals surface area contributed by atoms with Crippen LogP contribution in [0.4, 0.5) is 10.5 Å². The van der Waals surface area contributed by atoms with E-state index in [9.17, 15) is 9.59 Å². The Morgan fingerprint density at radius 3 is 2.88 bits per heavy atom. The summed E-state index contributed by atoms with van der Waals surface area (Å²) in [4.78, 5) is 32.5. The van der Waals surface area contributed by atoms with Crippen LogP contribution in [0.15, 0.2) is 23.2 Å². The van der Waals surface area contributed by atoms with Crippen molar-refractivity contribution in [3.05, 3.63) is 28.8 Å². The maximum atomic E-state index is 12.8. The van der Waals surface area contributed by atoms with Gasteiger partial charge in [-0.25, -0.2) is 4.79 Å². The van der Waals surface area contributed by atoms with Gasteiger partial charge in [-0.2, -0.15) is 0 Å². The van der Waals surface area contributed by atoms with E-state index in [-0.39, 0.29) is 17.4 Å². The second kappa shape index (κ2) is 6.21. The number of halogens is 1. The van der Waals surface area contributed by atoms with Crippen LogP contribution in [0, 0.1) is 0 Å². The maximum Gasteiger partial charge on any atom is 0.327 e. The van der Waals surface area contributed by atoms with Gasteiger partial charge in [0.1, 0.15) is 0 Å². The number of fused-ring (bicyclic) bond motifs is 2. The van der Waals surface area contributed by atoms with Gasteiger partial charge in [0.25, 0.3) is 0 Å². The number of amidine groups is 1. The fourth-order valence-electron chi connectivity index (χ4n) is 3.88. The zero-order chi connectivity index (χ0) is 17.6. The van der Waals surface area contributed by atoms with Crippen molar-refractivity contribution in [1.82, 2.24) is 10.2 Å². The van der Waals surface area contributed by atoms with Crippen LogP contribution >= 0.6 is 23.4 Å². The van der Waals surface area contributed by atoms with Gasteiger partial charge in [0.05, 0.1) is 6.54 Å². The molecule has 1 saturated heterocycles. The summed E-state index contributed by atoms with van der Waals surface area (Å²) in [5.74, 6) is 0.972. The van der Waals surface area contributed by atoms with Gasteiger partial charge in [-0.05, 0) is 30.2 Å². The Hall–Kier alpha value is -1.73. The third-order valence-corrected chi connectivity index (χ3v) is 6.25. The lowest BCUT2D eigenvalue weighted by Crippen LogP contribution is -2.45. The third-order valence-electron chi connectivity index (χ3n) is 5.13. The highest BCUT2D eigenvalue weighted by atomic mass is 35.5. The second-order valence-corrected chi connectivity index (χ2v) is 8.20. The van der Waals surface area contributed by atoms with E-state index in [1.165, 1.54) is 0 Å². The molecule has 8 heteroatoms. The Labute approximate surface area is 155 Å². The van der Waals surface area contributed by atoms with E-state index >= 15 is 0 Å². The molecule has 3 amide bonds. The lowest BCUT2D eigenvalue weighted by atomic mass is 9.81. The van der Waals surface area contributed by atoms with Crippen LogP contribution in [0.25, 0.3) is 0 Å². The van der Waals surface area contributed by atoms with Gasteiger partial charge < -0.3 is 4.90 Å². The molecule has 0 aliphatic carbocycles. The molecule has 0 radical (unpaired) electrons. The number of carbonyl (C=O) groups excluding carboxylic acids is 2. The van der Waals surface area contributed by atoms with Crippen LogP contribution in [0.3, 0.4) is 0 Å². The van der Waals surface area contributed by atoms with Crippen molar-refractivity contribution in [2.45, 2.75) is 18.8 Å². The van der Waals surface area contributed by atoms with Crippen LogP contribution in [0.5, 0.6) is 0 Å². The van der Waals surface area contributed by atoms with Crippen molar-refractivity contribution in [2.24, 2.45) is 4.99 Å². The van der Waals surface area contributed by atoms with Crippen molar-refractivity contribution in [1.29, 1.82) is 0 Å². The van der Waals surface area contributed by atoms with E-state index in [2.05, 4.69) is 10.3 Å². The molecule has 0 bridgehead atoms. The molecule has 3 aliphatic heterocycles. The van der Waals surface area contributed by atoms with E-state index in [0.29, 0.717) is 29.8 Å². The predicted octanol–water partition coefficient (Wildman–Crippen LogP) is 2.46. The predicted molar refractivity (Wildman–Crippen MR) is 101 cm³/mol. The highest BCUT2D eigenvalue weighted by Gasteiger charge is 2.49. The first kappa shape index (κ1) is 16.7. The number of aliphatic imine (C=N–C) groups is 1. The van der Waals surface area contributed by atoms with E-state index in [1.54, 1.807) is 29.7 Å². The number of benzene rings is 1. The van der Waals surface area contributed by atoms with Crippen LogP contribution < -0.4 is 10.2 Å². The highest BCUT2D eigenvalue weighted by Crippen LogP contribution is 2.47. The van der Waals surface area contributed by atoms with Crippen LogP contribution in [-0.4, -0.2) is 53.9 Å². The number of carbonyl (C=O) groups is 2. The Morgan fingerprint density at radius 1 is 1.36 bits per heavy atom. The fourth-order valence-corrected chi connectivity index (χ4v) is 4.77. The van der Waals surface area contributed by atoms with E-state index < -0.39 is 0 Å². The fraction of sp³-hybridized carbons (Fsp3) is 0.471. The number of urea groups is 1. The van der Waals surface area contributed by atoms with Crippen LogP contribution in [0.1, 0.15) is 18.9 Å². The zero-order valence-electron chi connectivity index (χ0n) is 13.9. The molecule has 1 aromatic carbocycles. The van der Waals surface area contributed by atoms with Crippen molar-refractivity contribution < 1.29 is 9.59 Å². The summed E-state index contributed by atoms with van der Waals surface area (Å²) in [5.41, 5.74) is 1.68. The molecule has 4 rings (SSSR count). The van der Waals surface area contributed by atoms with E-state index in [0.717, 1.165) is 30.0 Å². The number of nitrogens with one attached hydrogen (secondary N) is 1. The molecule has 1 unspecified atom stereocenters. The molecule has 1 fully saturated rings. The molecule has 25 heavy (non-hydrogen) atoms. The first-order chi connectivity index (χ1) is 12.0. The number of hydrogen-bond acceptors (Lipinski definition) is 4. The monoisotopic (exact) mass is 378 g/mol. The van der Waals surface area contributed by atoms with Gasteiger partial charge in [0.15, 0.2) is 5.17 Å². The molecular weight excluding hydrogens is 360 g/mol. The Morgan fingerprint density at radius 2 is 2.20 bits per heavy atom. The molecule has 1 atom stereocenters. The summed E-state index contributed by atoms with van der Waals surface area (Å²) < 4.78 is 0. The molecular formula is C17H19ClN4O2S. The van der Waals surface area contributed by atoms with Crippen molar-refractivity contribution in [3.63, 3.8) is 0 Å². The summed E-state index contributed by atoms with van der Waals surface area (Å²) in [6.07, 6.45) is 0.833. The molecule has 1 aromatic rings. The molecule has 132 valence electrons. The van der Waals surface area contributed by atoms with Crippen LogP contribution in [0.2, 0.25) is 5.02 Å². The number of hydrogen-bond donors (Lipinski definition) is 1. The van der Waals surface area contributed by atoms with Crippen molar-refractivity contribution in [2.75, 3.05) is 36.8 Å². The highest BCUT2D eigenvalue weighted by molar-refractivity contribution is 8.14. The first-order valence-electron chi connectivity index (χ1n) is 8.30. The van der Waals surface area contributed by atoms with Crippen molar-refractivity contribution in [3.8, 4) is 0 Å². The van der Waals surface area contributed by atoms with Gasteiger partial charge >= 0.3 is 6.03 Å². The summed E-state index contributed by atoms with van der Waals surface area (Å²) in [5, 5.41) is 4.23. The summed E-state index contributed by atoms with van der Waals surface area (Å²) in [7, 11) is 0. The van der Waals surface area contributed by atoms with Gasteiger partial charge in [-0.3, -0.25) is 20.0 Å². The third kappa shape index (κ3) is 2.89. The number of rotatable bonds is 0. The van der Waals surface area contributed by atoms with E-state index in [4.69, 9.17) is 11.6 Å². The summed E-state index contributed by atoms with van der Waals surface area (Å²) in [6, 6.07) is 5.47. The molecule has 1 N–H and O–H groups in total. The summed E-state index contributed by atoms with van der Waals surface area (Å²) >= 11 is 7.79. The quantitative estimate of drug-likeness (QED) is 0.754. The Bertz CT molecular complexity index is 784. The van der Waals surface area contributed by atoms with E-state index in [1.807, 2.05) is 17.0 Å². The maximum absolute atomic E-state index is 12.8. The first-order valence-corrected chi connectivity index (χ1v) is 9.66. The number of likely N-dealkylation sites (tertiary alicyclic amines) is 1. The Kier molecular flexibility index (Phi) is 4.16. The minimum absolute atomic E-state index is 0.0695. The zero-order valence-corrected chi connectivity index (χ0v) is 15.5. The molecule has 0 saturated carbocycles. The lowest BCUT2D eigenvalue weighted by molar-refractivity contribution is -0.127. The molecule has 1 spiro atoms. The van der Waals surface area contributed by atoms with Crippen molar-refractivity contribution >= 4 is 46.2 Å². The summed E-state index contributed by atoms with van der Waals surface area (Å²) in [6.45, 7) is 4.21. The topological polar surface area (TPSA) is 65.0 Å². The lowest BCUT2D eigenvalue weighted by Gasteiger charge is -2.25. The molecule has 3 aliphatic rings. The van der Waals surface area contributed by atoms with Gasteiger partial charge in [-0.15, -0.1) is 0 Å². The number of nitrogens with zero attached hydrogens (tertiary/aromatic N) is 3. The van der Waals surface area contributed by atoms with Crippen LogP contribution in [-0.2, 0) is 10.2 Å². The van der Waals surface area contributed by atoms with Gasteiger partial charge in [-0.1, -0.05) is 23.4 Å². The number of anilines is 1. The Balaban J connectivity index is 1.65. The molecule has 6 nitrogen and oxygen atoms in total. The second-order valence-electron chi connectivity index (χ2n) is 6.68. The minimum Gasteiger partial charge on any atom is -0.342 e. The standard InChI is InChI=1S/C17H19ClN4O2S/c1-11(23)21-6-4-17(9-21)10-22(14-3-2-12(18)8-13(14)17)16(24)20-15-19-5-7-25-15/h2-3,8H,4-7,9-10H2,1H3,(H,19,20,24). The number of amides is 3. The molecule has 3 heterocycles. The van der Waals surface area contributed by atoms with Gasteiger partial charge in [0, 0.05) is 48.4 Å². The largest absolute Gasteiger partial charge is 0.342 e. The molecule has 0 aromatic heterocycles. The average molecular weight is 379 g/mol. The number of thioether (sulfide) groups is 1. The van der Waals surface area contributed by atoms with Gasteiger partial charge in [0.2, 0.25) is 5.91 Å².